The molecule has 0 aliphatic carbocycles. The minimum Gasteiger partial charge on any atom is -0.514 e. The van der Waals surface area contributed by atoms with Gasteiger partial charge in [0.05, 0.1) is 19.5 Å². The Labute approximate surface area is 308 Å². The Hall–Kier alpha value is -2.51. The quantitative estimate of drug-likeness (QED) is 0.147. The molecule has 1 rings (SSSR count). The lowest BCUT2D eigenvalue weighted by Gasteiger charge is -2.13. The van der Waals surface area contributed by atoms with E-state index < -0.39 is 0 Å². The van der Waals surface area contributed by atoms with Gasteiger partial charge < -0.3 is 29.9 Å². The van der Waals surface area contributed by atoms with E-state index in [0.29, 0.717) is 18.9 Å². The number of benzene rings is 1. The first-order valence-electron chi connectivity index (χ1n) is 18.5. The zero-order valence-electron chi connectivity index (χ0n) is 34.7. The first kappa shape index (κ1) is 55.9. The standard InChI is InChI=1S/C18H25NO2S.C9H20O.C5H10O.C4H8O.C4H10.C2H6/c1-5-6-11-22-18(14(2)3)15-7-8-16(13-19-9-10-20)17(12-15)21-4;1-4-6-9(10)7-8(3)5-2;1-3-4-5(2)6;1-3-4(2)5;1-4(2)3;1-2/h6-12,19-20H,5,13H2,1-4H3;8-10H,4-7H2,1-3H3;3-4H2,1-2H3;3H2,1-2H3;4H,1-3H3;1-2H3/b10-9?,11-6-;;;;;. The van der Waals surface area contributed by atoms with Crippen molar-refractivity contribution in [3.05, 3.63) is 58.8 Å². The third kappa shape index (κ3) is 43.5. The summed E-state index contributed by atoms with van der Waals surface area (Å²) >= 11 is 1.74. The third-order valence-electron chi connectivity index (χ3n) is 6.10. The molecule has 0 spiro atoms. The number of thioether (sulfide) groups is 1. The Morgan fingerprint density at radius 2 is 1.49 bits per heavy atom. The molecule has 0 aromatic heterocycles. The number of rotatable bonds is 16. The number of methoxy groups -OCH3 is 1. The topological polar surface area (TPSA) is 95.9 Å². The van der Waals surface area contributed by atoms with E-state index in [4.69, 9.17) is 9.84 Å². The van der Waals surface area contributed by atoms with Gasteiger partial charge in [-0.2, -0.15) is 0 Å². The molecule has 0 saturated carbocycles. The SMILES string of the molecule is CC.CC(C)C.CC/C=C\SC(=C(C)C)c1ccc(CNC=CO)c(OC)c1.CCC(C)=O.CCCC(C)=O.CCCC(O)CC(C)CC. The molecule has 49 heavy (non-hydrogen) atoms. The van der Waals surface area contributed by atoms with Crippen LogP contribution < -0.4 is 10.1 Å². The van der Waals surface area contributed by atoms with Crippen LogP contribution in [0.5, 0.6) is 5.75 Å². The van der Waals surface area contributed by atoms with Gasteiger partial charge >= 0.3 is 0 Å². The third-order valence-corrected chi connectivity index (χ3v) is 7.31. The van der Waals surface area contributed by atoms with Gasteiger partial charge in [0.25, 0.3) is 0 Å². The Morgan fingerprint density at radius 3 is 1.84 bits per heavy atom. The van der Waals surface area contributed by atoms with Crippen LogP contribution in [0.2, 0.25) is 0 Å². The number of carbonyl (C=O) groups excluding carboxylic acids is 2. The minimum atomic E-state index is -0.0556. The fraction of sp³-hybridized carbons (Fsp3) is 0.667. The summed E-state index contributed by atoms with van der Waals surface area (Å²) in [4.78, 5) is 21.1. The van der Waals surface area contributed by atoms with Crippen LogP contribution in [0.1, 0.15) is 166 Å². The number of hydrogen-bond acceptors (Lipinski definition) is 7. The lowest BCUT2D eigenvalue weighted by molar-refractivity contribution is -0.117. The molecule has 1 aromatic rings. The summed E-state index contributed by atoms with van der Waals surface area (Å²) in [5, 5.41) is 23.1. The first-order valence-corrected chi connectivity index (χ1v) is 19.4. The molecule has 2 unspecified atom stereocenters. The normalized spacial score (nSPS) is 11.1. The minimum absolute atomic E-state index is 0.0556. The van der Waals surface area contributed by atoms with Gasteiger partial charge in [0.2, 0.25) is 0 Å². The highest BCUT2D eigenvalue weighted by atomic mass is 32.2. The summed E-state index contributed by atoms with van der Waals surface area (Å²) in [6.07, 6.45) is 12.2. The number of ether oxygens (including phenoxy) is 1. The number of aliphatic hydroxyl groups is 2. The predicted molar refractivity (Wildman–Crippen MR) is 220 cm³/mol. The van der Waals surface area contributed by atoms with Crippen molar-refractivity contribution >= 4 is 28.2 Å². The summed E-state index contributed by atoms with van der Waals surface area (Å²) < 4.78 is 5.50. The number of Topliss-reactive ketones (excluding diaryl/α,β-unsaturated/α-hetero) is 2. The van der Waals surface area contributed by atoms with Crippen molar-refractivity contribution in [1.29, 1.82) is 0 Å². The fourth-order valence-corrected chi connectivity index (χ4v) is 4.30. The summed E-state index contributed by atoms with van der Waals surface area (Å²) in [6, 6.07) is 6.23. The van der Waals surface area contributed by atoms with E-state index in [9.17, 15) is 14.7 Å². The van der Waals surface area contributed by atoms with Gasteiger partial charge in [-0.05, 0) is 82.3 Å². The van der Waals surface area contributed by atoms with Crippen LogP contribution in [-0.4, -0.2) is 35.0 Å². The Balaban J connectivity index is -0.000000197. The van der Waals surface area contributed by atoms with E-state index in [1.165, 1.54) is 23.1 Å². The van der Waals surface area contributed by atoms with Crippen LogP contribution in [0.15, 0.2) is 47.7 Å². The molecule has 0 amide bonds. The average molecular weight is 710 g/mol. The molecular weight excluding hydrogens is 631 g/mol. The molecule has 0 bridgehead atoms. The van der Waals surface area contributed by atoms with Crippen LogP contribution in [-0.2, 0) is 16.1 Å². The first-order chi connectivity index (χ1) is 23.1. The van der Waals surface area contributed by atoms with Crippen LogP contribution in [0.4, 0.5) is 0 Å². The summed E-state index contributed by atoms with van der Waals surface area (Å²) in [7, 11) is 1.68. The predicted octanol–water partition coefficient (Wildman–Crippen LogP) is 12.9. The molecule has 0 fully saturated rings. The number of nitrogens with one attached hydrogen (secondary N) is 1. The molecule has 0 aliphatic rings. The van der Waals surface area contributed by atoms with Crippen molar-refractivity contribution in [2.24, 2.45) is 11.8 Å². The van der Waals surface area contributed by atoms with E-state index in [2.05, 4.69) is 97.3 Å². The number of ketones is 2. The highest BCUT2D eigenvalue weighted by Crippen LogP contribution is 2.34. The van der Waals surface area contributed by atoms with Crippen LogP contribution in [0.25, 0.3) is 4.91 Å². The van der Waals surface area contributed by atoms with E-state index in [0.717, 1.165) is 67.6 Å². The maximum atomic E-state index is 10.0. The zero-order valence-corrected chi connectivity index (χ0v) is 35.5. The van der Waals surface area contributed by atoms with Crippen molar-refractivity contribution in [2.45, 2.75) is 168 Å². The zero-order chi connectivity index (χ0) is 39.2. The lowest BCUT2D eigenvalue weighted by Crippen LogP contribution is -2.10. The van der Waals surface area contributed by atoms with E-state index >= 15 is 0 Å². The summed E-state index contributed by atoms with van der Waals surface area (Å²) in [5.74, 6) is 2.90. The van der Waals surface area contributed by atoms with Gasteiger partial charge in [-0.3, -0.25) is 0 Å². The van der Waals surface area contributed by atoms with Crippen LogP contribution in [0.3, 0.4) is 0 Å². The Morgan fingerprint density at radius 1 is 0.939 bits per heavy atom. The van der Waals surface area contributed by atoms with Crippen LogP contribution >= 0.6 is 11.8 Å². The molecule has 1 aromatic carbocycles. The second-order valence-corrected chi connectivity index (χ2v) is 13.3. The van der Waals surface area contributed by atoms with Gasteiger partial charge in [0, 0.05) is 36.1 Å². The molecule has 288 valence electrons. The molecule has 0 saturated heterocycles. The lowest BCUT2D eigenvalue weighted by atomic mass is 9.99. The second-order valence-electron chi connectivity index (χ2n) is 12.4. The van der Waals surface area contributed by atoms with Crippen molar-refractivity contribution in [3.63, 3.8) is 0 Å². The van der Waals surface area contributed by atoms with Crippen molar-refractivity contribution in [2.75, 3.05) is 7.11 Å². The smallest absolute Gasteiger partial charge is 0.129 e. The van der Waals surface area contributed by atoms with Crippen molar-refractivity contribution in [1.82, 2.24) is 5.32 Å². The van der Waals surface area contributed by atoms with Gasteiger partial charge in [-0.15, -0.1) is 0 Å². The molecule has 0 radical (unpaired) electrons. The van der Waals surface area contributed by atoms with Crippen molar-refractivity contribution < 1.29 is 24.5 Å². The van der Waals surface area contributed by atoms with Gasteiger partial charge in [-0.1, -0.05) is 125 Å². The molecule has 7 heteroatoms. The fourth-order valence-electron chi connectivity index (χ4n) is 3.37. The second kappa shape index (κ2) is 41.7. The summed E-state index contributed by atoms with van der Waals surface area (Å²) in [6.45, 7) is 31.0. The number of allylic oxidation sites excluding steroid dienone is 2. The monoisotopic (exact) mass is 710 g/mol. The maximum absolute atomic E-state index is 10.0. The highest BCUT2D eigenvalue weighted by molar-refractivity contribution is 8.10. The van der Waals surface area contributed by atoms with Gasteiger partial charge in [0.1, 0.15) is 17.3 Å². The molecule has 0 aliphatic heterocycles. The highest BCUT2D eigenvalue weighted by Gasteiger charge is 2.09. The molecule has 0 heterocycles. The number of carbonyl (C=O) groups is 2. The van der Waals surface area contributed by atoms with Crippen molar-refractivity contribution in [3.8, 4) is 5.75 Å². The average Bonchev–Trinajstić information content (AvgIpc) is 3.04. The molecule has 3 N–H and O–H groups in total. The Kier molecular flexibility index (Phi) is 47.5. The summed E-state index contributed by atoms with van der Waals surface area (Å²) in [5.41, 5.74) is 3.48. The molecule has 2 atom stereocenters. The Bertz CT molecular complexity index is 979. The van der Waals surface area contributed by atoms with Gasteiger partial charge in [0.15, 0.2) is 0 Å². The molecular formula is C42H79NO5S. The van der Waals surface area contributed by atoms with E-state index in [1.54, 1.807) is 32.7 Å². The van der Waals surface area contributed by atoms with E-state index in [1.807, 2.05) is 27.7 Å². The molecule has 6 nitrogen and oxygen atoms in total. The number of hydrogen-bond donors (Lipinski definition) is 3. The maximum Gasteiger partial charge on any atom is 0.129 e. The van der Waals surface area contributed by atoms with Crippen LogP contribution in [0, 0.1) is 11.8 Å². The largest absolute Gasteiger partial charge is 0.514 e. The number of aliphatic hydroxyl groups excluding tert-OH is 2. The van der Waals surface area contributed by atoms with E-state index in [-0.39, 0.29) is 17.7 Å². The van der Waals surface area contributed by atoms with Gasteiger partial charge in [-0.25, -0.2) is 0 Å².